The first-order valence-corrected chi connectivity index (χ1v) is 23.4. The van der Waals surface area contributed by atoms with Crippen LogP contribution < -0.4 is 0 Å². The van der Waals surface area contributed by atoms with Crippen molar-refractivity contribution in [2.24, 2.45) is 17.8 Å². The van der Waals surface area contributed by atoms with E-state index in [9.17, 15) is 14.4 Å². The molecule has 0 radical (unpaired) electrons. The van der Waals surface area contributed by atoms with Crippen molar-refractivity contribution in [3.8, 4) is 0 Å². The number of hydrogen-bond acceptors (Lipinski definition) is 9. The van der Waals surface area contributed by atoms with Crippen molar-refractivity contribution in [1.82, 2.24) is 0 Å². The van der Waals surface area contributed by atoms with Gasteiger partial charge in [-0.2, -0.15) is 0 Å². The number of carbonyl (C=O) groups is 3. The molecule has 0 aromatic carbocycles. The Morgan fingerprint density at radius 3 is 1.02 bits per heavy atom. The van der Waals surface area contributed by atoms with Crippen LogP contribution in [0, 0.1) is 17.8 Å². The van der Waals surface area contributed by atoms with Gasteiger partial charge in [0.1, 0.15) is 0 Å². The average molecular weight is 732 g/mol. The molecule has 0 aromatic heterocycles. The first-order valence-electron chi connectivity index (χ1n) is 15.3. The fourth-order valence-corrected chi connectivity index (χ4v) is 16.1. The Kier molecular flexibility index (Phi) is 28.3. The first-order chi connectivity index (χ1) is 19.1. The Morgan fingerprint density at radius 1 is 0.500 bits per heavy atom. The number of unbranched alkanes of at least 4 members (excludes halogenated alkanes) is 3. The Bertz CT molecular complexity index is 563. The molecular formula is C30H57O6S3Sb. The second kappa shape index (κ2) is 28.1. The molecule has 0 rings (SSSR count). The van der Waals surface area contributed by atoms with E-state index in [1.165, 1.54) is 36.1 Å². The molecule has 0 heterocycles. The van der Waals surface area contributed by atoms with Crippen LogP contribution in [0.3, 0.4) is 0 Å². The van der Waals surface area contributed by atoms with Crippen LogP contribution in [0.4, 0.5) is 0 Å². The summed E-state index contributed by atoms with van der Waals surface area (Å²) in [4.78, 5) is 36.0. The standard InChI is InChI=1S/3C10H19O2S.Sb/c3*1-4-13-12-10(11)8-6-5-7-9(2)3;/h3*9H,1,4-8H2,2-3H3;. The van der Waals surface area contributed by atoms with Gasteiger partial charge in [-0.15, -0.1) is 0 Å². The second-order valence-corrected chi connectivity index (χ2v) is 21.7. The van der Waals surface area contributed by atoms with Crippen molar-refractivity contribution in [2.75, 3.05) is 17.3 Å². The van der Waals surface area contributed by atoms with Crippen LogP contribution >= 0.6 is 36.1 Å². The second-order valence-electron chi connectivity index (χ2n) is 11.6. The molecule has 0 N–H and O–H groups in total. The van der Waals surface area contributed by atoms with Crippen LogP contribution in [0.25, 0.3) is 0 Å². The molecular weight excluding hydrogens is 674 g/mol. The van der Waals surface area contributed by atoms with Gasteiger partial charge in [0.2, 0.25) is 0 Å². The Hall–Kier alpha value is 0.278. The molecule has 0 aliphatic heterocycles. The van der Waals surface area contributed by atoms with Gasteiger partial charge < -0.3 is 0 Å². The van der Waals surface area contributed by atoms with E-state index >= 15 is 0 Å². The van der Waals surface area contributed by atoms with E-state index in [1.54, 1.807) is 0 Å². The number of hydrogen-bond donors (Lipinski definition) is 0. The van der Waals surface area contributed by atoms with Gasteiger partial charge in [0.15, 0.2) is 0 Å². The van der Waals surface area contributed by atoms with E-state index in [2.05, 4.69) is 41.5 Å². The molecule has 0 atom stereocenters. The quantitative estimate of drug-likeness (QED) is 0.0466. The molecule has 0 unspecified atom stereocenters. The summed E-state index contributed by atoms with van der Waals surface area (Å²) in [5.74, 6) is 4.06. The van der Waals surface area contributed by atoms with Crippen molar-refractivity contribution in [3.05, 3.63) is 0 Å². The maximum absolute atomic E-state index is 12.0. The van der Waals surface area contributed by atoms with Crippen molar-refractivity contribution >= 4 is 74.2 Å². The molecule has 0 amide bonds. The van der Waals surface area contributed by atoms with Crippen LogP contribution in [-0.4, -0.2) is 55.4 Å². The third-order valence-electron chi connectivity index (χ3n) is 6.17. The van der Waals surface area contributed by atoms with Crippen LogP contribution in [0.1, 0.15) is 119 Å². The van der Waals surface area contributed by atoms with E-state index in [0.29, 0.717) is 37.0 Å². The van der Waals surface area contributed by atoms with Gasteiger partial charge in [-0.05, 0) is 0 Å². The summed E-state index contributed by atoms with van der Waals surface area (Å²) in [6.45, 7) is 13.2. The molecule has 6 nitrogen and oxygen atoms in total. The van der Waals surface area contributed by atoms with Gasteiger partial charge >= 0.3 is 268 Å². The topological polar surface area (TPSA) is 78.9 Å². The fourth-order valence-electron chi connectivity index (χ4n) is 3.75. The predicted molar refractivity (Wildman–Crippen MR) is 176 cm³/mol. The molecule has 0 saturated carbocycles. The summed E-state index contributed by atoms with van der Waals surface area (Å²) < 4.78 is 19.4. The summed E-state index contributed by atoms with van der Waals surface area (Å²) in [5, 5.41) is 0. The van der Waals surface area contributed by atoms with E-state index < -0.39 is 20.2 Å². The van der Waals surface area contributed by atoms with Crippen molar-refractivity contribution < 1.29 is 26.9 Å². The van der Waals surface area contributed by atoms with Gasteiger partial charge in [-0.25, -0.2) is 0 Å². The number of carbonyl (C=O) groups excluding carboxylic acids is 3. The van der Waals surface area contributed by atoms with Gasteiger partial charge in [-0.1, -0.05) is 0 Å². The maximum atomic E-state index is 12.0. The zero-order valence-electron chi connectivity index (χ0n) is 26.1. The molecule has 0 saturated heterocycles. The van der Waals surface area contributed by atoms with Crippen LogP contribution in [0.5, 0.6) is 0 Å². The zero-order chi connectivity index (χ0) is 30.0. The normalized spacial score (nSPS) is 11.6. The van der Waals surface area contributed by atoms with Gasteiger partial charge in [0.05, 0.1) is 0 Å². The van der Waals surface area contributed by atoms with E-state index in [-0.39, 0.29) is 17.9 Å². The third-order valence-corrected chi connectivity index (χ3v) is 18.2. The molecule has 10 heteroatoms. The third kappa shape index (κ3) is 29.8. The summed E-state index contributed by atoms with van der Waals surface area (Å²) in [6.07, 6.45) is 10.8. The minimum atomic E-state index is -1.67. The monoisotopic (exact) mass is 730 g/mol. The summed E-state index contributed by atoms with van der Waals surface area (Å²) in [6, 6.07) is 0. The van der Waals surface area contributed by atoms with Crippen LogP contribution in [0.2, 0.25) is 13.1 Å². The van der Waals surface area contributed by atoms with Crippen molar-refractivity contribution in [1.29, 1.82) is 0 Å². The van der Waals surface area contributed by atoms with Crippen molar-refractivity contribution in [2.45, 2.75) is 132 Å². The van der Waals surface area contributed by atoms with Crippen molar-refractivity contribution in [3.63, 3.8) is 0 Å². The Labute approximate surface area is 266 Å². The summed E-state index contributed by atoms with van der Waals surface area (Å²) >= 11 is 2.17. The van der Waals surface area contributed by atoms with E-state index in [1.807, 2.05) is 0 Å². The van der Waals surface area contributed by atoms with E-state index in [4.69, 9.17) is 12.5 Å². The zero-order valence-corrected chi connectivity index (χ0v) is 31.1. The minimum absolute atomic E-state index is 0.121. The number of rotatable bonds is 27. The Morgan fingerprint density at radius 2 is 0.775 bits per heavy atom. The van der Waals surface area contributed by atoms with Gasteiger partial charge in [0.25, 0.3) is 0 Å². The Balaban J connectivity index is 4.29. The van der Waals surface area contributed by atoms with Crippen LogP contribution in [-0.2, 0) is 26.9 Å². The molecule has 0 fully saturated rings. The average Bonchev–Trinajstić information content (AvgIpc) is 2.89. The molecule has 236 valence electrons. The molecule has 0 aliphatic rings. The predicted octanol–water partition coefficient (Wildman–Crippen LogP) is 9.70. The molecule has 0 bridgehead atoms. The van der Waals surface area contributed by atoms with Gasteiger partial charge in [-0.3, -0.25) is 0 Å². The molecule has 40 heavy (non-hydrogen) atoms. The van der Waals surface area contributed by atoms with E-state index in [0.717, 1.165) is 88.1 Å². The SMILES string of the molecule is CC(C)CCCCC(=O)OSC[CH2][Sb]([CH2]CSOC(=O)CCCCC(C)C)[CH2]CSOC(=O)CCCCC(C)C. The molecule has 0 aliphatic carbocycles. The summed E-state index contributed by atoms with van der Waals surface area (Å²) in [5.41, 5.74) is 0. The molecule has 0 aromatic rings. The van der Waals surface area contributed by atoms with Crippen LogP contribution in [0.15, 0.2) is 0 Å². The molecule has 0 spiro atoms. The summed E-state index contributed by atoms with van der Waals surface area (Å²) in [7, 11) is 0. The fraction of sp³-hybridized carbons (Fsp3) is 0.900. The first kappa shape index (κ1) is 40.3. The van der Waals surface area contributed by atoms with Gasteiger partial charge in [0, 0.05) is 0 Å².